The van der Waals surface area contributed by atoms with Gasteiger partial charge in [0.1, 0.15) is 24.3 Å². The van der Waals surface area contributed by atoms with Crippen molar-refractivity contribution in [2.75, 3.05) is 6.61 Å². The van der Waals surface area contributed by atoms with Gasteiger partial charge in [0.2, 0.25) is 0 Å². The molecule has 0 spiro atoms. The highest BCUT2D eigenvalue weighted by Crippen LogP contribution is 2.46. The van der Waals surface area contributed by atoms with Crippen molar-refractivity contribution in [1.29, 1.82) is 0 Å². The quantitative estimate of drug-likeness (QED) is 0.161. The molecule has 1 aliphatic heterocycles. The van der Waals surface area contributed by atoms with Crippen LogP contribution >= 0.6 is 11.8 Å². The lowest BCUT2D eigenvalue weighted by atomic mass is 9.77. The first-order valence-electron chi connectivity index (χ1n) is 17.7. The molecule has 5 atom stereocenters. The van der Waals surface area contributed by atoms with Crippen LogP contribution in [0.3, 0.4) is 0 Å². The Balaban J connectivity index is 1.33. The Morgan fingerprint density at radius 3 is 1.53 bits per heavy atom. The second kappa shape index (κ2) is 17.3. The van der Waals surface area contributed by atoms with Crippen molar-refractivity contribution in [3.05, 3.63) is 108 Å². The van der Waals surface area contributed by atoms with Gasteiger partial charge in [0.05, 0.1) is 16.7 Å². The largest absolute Gasteiger partial charge is 0.459 e. The highest BCUT2D eigenvalue weighted by atomic mass is 32.2. The third kappa shape index (κ3) is 9.12. The van der Waals surface area contributed by atoms with Gasteiger partial charge < -0.3 is 24.1 Å². The summed E-state index contributed by atoms with van der Waals surface area (Å²) >= 11 is 1.64. The van der Waals surface area contributed by atoms with Crippen LogP contribution in [-0.4, -0.2) is 64.7 Å². The summed E-state index contributed by atoms with van der Waals surface area (Å²) in [6.07, 6.45) is 6.79. The molecular weight excluding hydrogens is 640 g/mol. The Kier molecular flexibility index (Phi) is 12.4. The molecule has 3 aliphatic rings. The SMILES string of the molecule is O=C(OC[C@H]1O[C@H](SC(C2CCCCC2)C2CCCCC2)[C@H](OC(=O)c2ccccc2)[C@@H](OC(=O)c2ccccc2)[C@H]1O)c1ccccc1. The van der Waals surface area contributed by atoms with E-state index in [2.05, 4.69) is 0 Å². The Morgan fingerprint density at radius 1 is 0.633 bits per heavy atom. The van der Waals surface area contributed by atoms with E-state index in [1.54, 1.807) is 90.6 Å². The fourth-order valence-corrected chi connectivity index (χ4v) is 9.30. The third-order valence-electron chi connectivity index (χ3n) is 10.0. The Hall–Kier alpha value is -3.66. The van der Waals surface area contributed by atoms with Crippen LogP contribution in [0, 0.1) is 11.8 Å². The minimum atomic E-state index is -1.45. The standard InChI is InChI=1S/C40H46O8S/c41-33-32(26-45-37(42)29-20-10-3-11-21-29)46-40(49-36(27-16-6-1-7-17-27)28-18-8-2-9-19-28)35(48-39(44)31-24-14-5-15-25-31)34(33)47-38(43)30-22-12-4-13-23-30/h3-5,10-15,20-25,27-28,32-36,40-41H,1-2,6-9,16-19,26H2/t32-,33+,34+,35-,40-/m1/s1. The number of carbonyl (C=O) groups excluding carboxylic acids is 3. The van der Waals surface area contributed by atoms with Gasteiger partial charge in [0.15, 0.2) is 12.2 Å². The zero-order valence-electron chi connectivity index (χ0n) is 27.8. The van der Waals surface area contributed by atoms with Crippen molar-refractivity contribution in [2.24, 2.45) is 11.8 Å². The molecule has 1 heterocycles. The molecule has 8 nitrogen and oxygen atoms in total. The van der Waals surface area contributed by atoms with Crippen LogP contribution in [0.15, 0.2) is 91.0 Å². The molecule has 0 unspecified atom stereocenters. The first-order chi connectivity index (χ1) is 24.0. The number of hydrogen-bond donors (Lipinski definition) is 1. The number of thioether (sulfide) groups is 1. The predicted octanol–water partition coefficient (Wildman–Crippen LogP) is 7.64. The van der Waals surface area contributed by atoms with Gasteiger partial charge in [-0.1, -0.05) is 93.1 Å². The van der Waals surface area contributed by atoms with E-state index in [9.17, 15) is 19.5 Å². The molecule has 1 saturated heterocycles. The molecule has 0 aromatic heterocycles. The van der Waals surface area contributed by atoms with Crippen molar-refractivity contribution in [3.63, 3.8) is 0 Å². The van der Waals surface area contributed by atoms with Crippen molar-refractivity contribution in [1.82, 2.24) is 0 Å². The summed E-state index contributed by atoms with van der Waals surface area (Å²) in [5.74, 6) is -0.871. The van der Waals surface area contributed by atoms with Gasteiger partial charge in [-0.3, -0.25) is 0 Å². The lowest BCUT2D eigenvalue weighted by Crippen LogP contribution is -2.61. The maximum Gasteiger partial charge on any atom is 0.338 e. The van der Waals surface area contributed by atoms with E-state index < -0.39 is 47.8 Å². The molecule has 3 fully saturated rings. The fourth-order valence-electron chi connectivity index (χ4n) is 7.43. The van der Waals surface area contributed by atoms with Crippen LogP contribution < -0.4 is 0 Å². The normalized spacial score (nSPS) is 25.0. The van der Waals surface area contributed by atoms with E-state index >= 15 is 0 Å². The molecule has 9 heteroatoms. The van der Waals surface area contributed by atoms with Crippen LogP contribution in [0.5, 0.6) is 0 Å². The number of benzene rings is 3. The first-order valence-corrected chi connectivity index (χ1v) is 18.7. The molecule has 3 aromatic carbocycles. The first kappa shape index (κ1) is 35.2. The van der Waals surface area contributed by atoms with Crippen LogP contribution in [0.4, 0.5) is 0 Å². The molecule has 260 valence electrons. The van der Waals surface area contributed by atoms with Crippen LogP contribution in [-0.2, 0) is 18.9 Å². The van der Waals surface area contributed by atoms with E-state index in [1.165, 1.54) is 38.5 Å². The minimum Gasteiger partial charge on any atom is -0.459 e. The molecule has 1 N–H and O–H groups in total. The summed E-state index contributed by atoms with van der Waals surface area (Å²) in [7, 11) is 0. The maximum atomic E-state index is 13.6. The van der Waals surface area contributed by atoms with Crippen LogP contribution in [0.1, 0.15) is 95.3 Å². The number of carbonyl (C=O) groups is 3. The van der Waals surface area contributed by atoms with E-state index in [4.69, 9.17) is 18.9 Å². The van der Waals surface area contributed by atoms with Crippen molar-refractivity contribution < 1.29 is 38.4 Å². The van der Waals surface area contributed by atoms with Gasteiger partial charge in [-0.15, -0.1) is 11.8 Å². The van der Waals surface area contributed by atoms with E-state index in [0.717, 1.165) is 25.7 Å². The third-order valence-corrected chi connectivity index (χ3v) is 11.8. The fraction of sp³-hybridized carbons (Fsp3) is 0.475. The second-order valence-corrected chi connectivity index (χ2v) is 14.6. The Morgan fingerprint density at radius 2 is 1.06 bits per heavy atom. The average Bonchev–Trinajstić information content (AvgIpc) is 3.17. The molecule has 3 aromatic rings. The smallest absolute Gasteiger partial charge is 0.338 e. The zero-order chi connectivity index (χ0) is 34.0. The van der Waals surface area contributed by atoms with Crippen molar-refractivity contribution >= 4 is 29.7 Å². The lowest BCUT2D eigenvalue weighted by Gasteiger charge is -2.46. The number of aliphatic hydroxyl groups excluding tert-OH is 1. The summed E-state index contributed by atoms with van der Waals surface area (Å²) in [5, 5.41) is 12.1. The lowest BCUT2D eigenvalue weighted by molar-refractivity contribution is -0.207. The number of esters is 3. The minimum absolute atomic E-state index is 0.233. The van der Waals surface area contributed by atoms with Gasteiger partial charge in [0, 0.05) is 5.25 Å². The average molecular weight is 687 g/mol. The summed E-state index contributed by atoms with van der Waals surface area (Å²) in [4.78, 5) is 40.1. The maximum absolute atomic E-state index is 13.6. The number of rotatable bonds is 11. The Labute approximate surface area is 292 Å². The van der Waals surface area contributed by atoms with Crippen molar-refractivity contribution in [2.45, 2.75) is 99.3 Å². The molecule has 2 aliphatic carbocycles. The second-order valence-electron chi connectivity index (χ2n) is 13.4. The Bertz CT molecular complexity index is 1470. The molecule has 0 bridgehead atoms. The molecule has 49 heavy (non-hydrogen) atoms. The number of hydrogen-bond acceptors (Lipinski definition) is 9. The monoisotopic (exact) mass is 686 g/mol. The van der Waals surface area contributed by atoms with Crippen molar-refractivity contribution in [3.8, 4) is 0 Å². The van der Waals surface area contributed by atoms with E-state index in [1.807, 2.05) is 12.1 Å². The van der Waals surface area contributed by atoms with E-state index in [-0.39, 0.29) is 11.9 Å². The summed E-state index contributed by atoms with van der Waals surface area (Å²) in [6, 6.07) is 25.8. The topological polar surface area (TPSA) is 108 Å². The van der Waals surface area contributed by atoms with Gasteiger partial charge in [-0.2, -0.15) is 0 Å². The molecule has 6 rings (SSSR count). The van der Waals surface area contributed by atoms with Crippen LogP contribution in [0.2, 0.25) is 0 Å². The molecule has 2 saturated carbocycles. The highest BCUT2D eigenvalue weighted by Gasteiger charge is 2.52. The summed E-state index contributed by atoms with van der Waals surface area (Å²) in [6.45, 7) is -0.276. The van der Waals surface area contributed by atoms with Gasteiger partial charge in [-0.05, 0) is 73.9 Å². The highest BCUT2D eigenvalue weighted by molar-refractivity contribution is 8.00. The summed E-state index contributed by atoms with van der Waals surface area (Å²) < 4.78 is 24.6. The van der Waals surface area contributed by atoms with E-state index in [0.29, 0.717) is 28.5 Å². The zero-order valence-corrected chi connectivity index (χ0v) is 28.6. The predicted molar refractivity (Wildman–Crippen MR) is 187 cm³/mol. The van der Waals surface area contributed by atoms with Crippen LogP contribution in [0.25, 0.3) is 0 Å². The molecule has 0 amide bonds. The number of ether oxygens (including phenoxy) is 4. The van der Waals surface area contributed by atoms with Gasteiger partial charge in [-0.25, -0.2) is 14.4 Å². The van der Waals surface area contributed by atoms with Gasteiger partial charge >= 0.3 is 17.9 Å². The van der Waals surface area contributed by atoms with Gasteiger partial charge in [0.25, 0.3) is 0 Å². The number of aliphatic hydroxyl groups is 1. The molecule has 0 radical (unpaired) electrons. The summed E-state index contributed by atoms with van der Waals surface area (Å²) in [5.41, 5.74) is 0.214. The molecular formula is C40H46O8S.